The molecule has 1 aromatic heterocycles. The average Bonchev–Trinajstić information content (AvgIpc) is 2.95. The molecule has 0 unspecified atom stereocenters. The number of benzene rings is 1. The van der Waals surface area contributed by atoms with Gasteiger partial charge in [0.2, 0.25) is 0 Å². The minimum absolute atomic E-state index is 0.0945. The van der Waals surface area contributed by atoms with Crippen LogP contribution in [0, 0.1) is 6.92 Å². The second-order valence-corrected chi connectivity index (χ2v) is 9.66. The molecule has 1 fully saturated rings. The SMILES string of the molecule is Cc1ccc(NS(=O)(=O)c2cc(C(=O)N3CCCCCC3)cs2)cc1Cl. The van der Waals surface area contributed by atoms with E-state index < -0.39 is 10.0 Å². The van der Waals surface area contributed by atoms with Crippen molar-refractivity contribution < 1.29 is 13.2 Å². The highest BCUT2D eigenvalue weighted by Gasteiger charge is 2.23. The Morgan fingerprint density at radius 2 is 1.85 bits per heavy atom. The fraction of sp³-hybridized carbons (Fsp3) is 0.389. The quantitative estimate of drug-likeness (QED) is 0.802. The van der Waals surface area contributed by atoms with Crippen molar-refractivity contribution in [3.05, 3.63) is 45.8 Å². The first-order valence-corrected chi connectivity index (χ1v) is 11.3. The summed E-state index contributed by atoms with van der Waals surface area (Å²) < 4.78 is 27.8. The molecular weight excluding hydrogens is 392 g/mol. The number of sulfonamides is 1. The van der Waals surface area contributed by atoms with Gasteiger partial charge < -0.3 is 4.90 Å². The fourth-order valence-electron chi connectivity index (χ4n) is 2.89. The molecule has 1 aromatic carbocycles. The maximum atomic E-state index is 12.6. The molecule has 1 saturated heterocycles. The van der Waals surface area contributed by atoms with Gasteiger partial charge in [-0.3, -0.25) is 9.52 Å². The molecule has 0 bridgehead atoms. The van der Waals surface area contributed by atoms with Gasteiger partial charge in [0.05, 0.1) is 11.3 Å². The highest BCUT2D eigenvalue weighted by atomic mass is 35.5. The Balaban J connectivity index is 1.76. The Labute approximate surface area is 163 Å². The lowest BCUT2D eigenvalue weighted by Gasteiger charge is -2.19. The summed E-state index contributed by atoms with van der Waals surface area (Å²) in [5.74, 6) is -0.0945. The number of amides is 1. The normalized spacial score (nSPS) is 15.5. The van der Waals surface area contributed by atoms with Crippen molar-refractivity contribution in [2.24, 2.45) is 0 Å². The van der Waals surface area contributed by atoms with E-state index in [9.17, 15) is 13.2 Å². The van der Waals surface area contributed by atoms with Gasteiger partial charge in [-0.25, -0.2) is 8.42 Å². The number of carbonyl (C=O) groups excluding carboxylic acids is 1. The van der Waals surface area contributed by atoms with Crippen molar-refractivity contribution in [3.8, 4) is 0 Å². The van der Waals surface area contributed by atoms with Crippen molar-refractivity contribution in [1.29, 1.82) is 0 Å². The minimum atomic E-state index is -3.75. The zero-order chi connectivity index (χ0) is 18.7. The minimum Gasteiger partial charge on any atom is -0.339 e. The molecule has 8 heteroatoms. The lowest BCUT2D eigenvalue weighted by atomic mass is 10.2. The summed E-state index contributed by atoms with van der Waals surface area (Å²) in [5.41, 5.74) is 1.70. The number of halogens is 1. The first-order chi connectivity index (χ1) is 12.4. The van der Waals surface area contributed by atoms with Crippen LogP contribution < -0.4 is 4.72 Å². The maximum Gasteiger partial charge on any atom is 0.271 e. The molecule has 0 atom stereocenters. The van der Waals surface area contributed by atoms with Crippen LogP contribution in [0.1, 0.15) is 41.6 Å². The molecule has 26 heavy (non-hydrogen) atoms. The molecule has 1 aliphatic rings. The van der Waals surface area contributed by atoms with Gasteiger partial charge in [-0.1, -0.05) is 30.5 Å². The predicted molar refractivity (Wildman–Crippen MR) is 106 cm³/mol. The summed E-state index contributed by atoms with van der Waals surface area (Å²) >= 11 is 7.10. The Hall–Kier alpha value is -1.57. The van der Waals surface area contributed by atoms with E-state index in [-0.39, 0.29) is 10.1 Å². The summed E-state index contributed by atoms with van der Waals surface area (Å²) in [6, 6.07) is 6.44. The first-order valence-electron chi connectivity index (χ1n) is 8.53. The van der Waals surface area contributed by atoms with Crippen LogP contribution in [0.15, 0.2) is 33.9 Å². The number of aryl methyl sites for hydroxylation is 1. The van der Waals surface area contributed by atoms with E-state index in [0.717, 1.165) is 55.7 Å². The number of nitrogens with zero attached hydrogens (tertiary/aromatic N) is 1. The smallest absolute Gasteiger partial charge is 0.271 e. The fourth-order valence-corrected chi connectivity index (χ4v) is 5.27. The second-order valence-electron chi connectivity index (χ2n) is 6.43. The van der Waals surface area contributed by atoms with Gasteiger partial charge in [-0.05, 0) is 43.5 Å². The zero-order valence-corrected chi connectivity index (χ0v) is 16.9. The van der Waals surface area contributed by atoms with Gasteiger partial charge in [-0.15, -0.1) is 11.3 Å². The molecule has 2 aromatic rings. The summed E-state index contributed by atoms with van der Waals surface area (Å²) in [5, 5.41) is 2.11. The standard InChI is InChI=1S/C18H21ClN2O3S2/c1-13-6-7-15(11-16(13)19)20-26(23,24)17-10-14(12-25-17)18(22)21-8-4-2-3-5-9-21/h6-7,10-12,20H,2-5,8-9H2,1H3. The largest absolute Gasteiger partial charge is 0.339 e. The number of nitrogens with one attached hydrogen (secondary N) is 1. The molecule has 0 radical (unpaired) electrons. The molecule has 0 aliphatic carbocycles. The molecule has 1 aliphatic heterocycles. The highest BCUT2D eigenvalue weighted by Crippen LogP contribution is 2.26. The van der Waals surface area contributed by atoms with Gasteiger partial charge in [0.25, 0.3) is 15.9 Å². The molecule has 1 amide bonds. The van der Waals surface area contributed by atoms with Crippen molar-refractivity contribution in [1.82, 2.24) is 4.90 Å². The van der Waals surface area contributed by atoms with Crippen molar-refractivity contribution in [2.75, 3.05) is 17.8 Å². The molecular formula is C18H21ClN2O3S2. The first kappa shape index (κ1) is 19.2. The van der Waals surface area contributed by atoms with Gasteiger partial charge in [0.1, 0.15) is 4.21 Å². The van der Waals surface area contributed by atoms with Crippen LogP contribution in [0.3, 0.4) is 0 Å². The molecule has 3 rings (SSSR count). The Kier molecular flexibility index (Phi) is 5.89. The summed E-state index contributed by atoms with van der Waals surface area (Å²) in [6.07, 6.45) is 4.26. The van der Waals surface area contributed by atoms with E-state index in [0.29, 0.717) is 16.3 Å². The number of hydrogen-bond acceptors (Lipinski definition) is 4. The van der Waals surface area contributed by atoms with Crippen LogP contribution in [0.4, 0.5) is 5.69 Å². The number of thiophene rings is 1. The topological polar surface area (TPSA) is 66.5 Å². The lowest BCUT2D eigenvalue weighted by molar-refractivity contribution is 0.0762. The highest BCUT2D eigenvalue weighted by molar-refractivity contribution is 7.94. The van der Waals surface area contributed by atoms with Crippen LogP contribution in [-0.4, -0.2) is 32.3 Å². The summed E-state index contributed by atoms with van der Waals surface area (Å²) in [4.78, 5) is 14.5. The van der Waals surface area contributed by atoms with Crippen LogP contribution >= 0.6 is 22.9 Å². The molecule has 1 N–H and O–H groups in total. The number of anilines is 1. The molecule has 0 saturated carbocycles. The van der Waals surface area contributed by atoms with Gasteiger partial charge in [-0.2, -0.15) is 0 Å². The Morgan fingerprint density at radius 1 is 1.15 bits per heavy atom. The zero-order valence-electron chi connectivity index (χ0n) is 14.5. The van der Waals surface area contributed by atoms with E-state index in [4.69, 9.17) is 11.6 Å². The molecule has 140 valence electrons. The number of likely N-dealkylation sites (tertiary alicyclic amines) is 1. The van der Waals surface area contributed by atoms with Crippen molar-refractivity contribution in [3.63, 3.8) is 0 Å². The van der Waals surface area contributed by atoms with Gasteiger partial charge >= 0.3 is 0 Å². The van der Waals surface area contributed by atoms with Crippen molar-refractivity contribution in [2.45, 2.75) is 36.8 Å². The third-order valence-electron chi connectivity index (χ3n) is 4.40. The van der Waals surface area contributed by atoms with Gasteiger partial charge in [0, 0.05) is 23.5 Å². The van der Waals surface area contributed by atoms with Crippen molar-refractivity contribution >= 4 is 44.6 Å². The number of rotatable bonds is 4. The van der Waals surface area contributed by atoms with Gasteiger partial charge in [0.15, 0.2) is 0 Å². The van der Waals surface area contributed by atoms with Crippen LogP contribution in [0.2, 0.25) is 5.02 Å². The monoisotopic (exact) mass is 412 g/mol. The lowest BCUT2D eigenvalue weighted by Crippen LogP contribution is -2.31. The third kappa shape index (κ3) is 4.39. The van der Waals surface area contributed by atoms with E-state index in [1.54, 1.807) is 23.6 Å². The number of carbonyl (C=O) groups is 1. The number of hydrogen-bond donors (Lipinski definition) is 1. The van der Waals surface area contributed by atoms with Crippen LogP contribution in [0.25, 0.3) is 0 Å². The van der Waals surface area contributed by atoms with E-state index in [1.165, 1.54) is 6.07 Å². The third-order valence-corrected chi connectivity index (χ3v) is 7.63. The van der Waals surface area contributed by atoms with E-state index in [2.05, 4.69) is 4.72 Å². The average molecular weight is 413 g/mol. The maximum absolute atomic E-state index is 12.6. The van der Waals surface area contributed by atoms with E-state index in [1.807, 2.05) is 11.8 Å². The molecule has 2 heterocycles. The molecule has 5 nitrogen and oxygen atoms in total. The predicted octanol–water partition coefficient (Wildman–Crippen LogP) is 4.53. The second kappa shape index (κ2) is 7.98. The molecule has 0 spiro atoms. The van der Waals surface area contributed by atoms with Crippen LogP contribution in [-0.2, 0) is 10.0 Å². The summed E-state index contributed by atoms with van der Waals surface area (Å²) in [6.45, 7) is 3.31. The Bertz CT molecular complexity index is 901. The van der Waals surface area contributed by atoms with Crippen LogP contribution in [0.5, 0.6) is 0 Å². The Morgan fingerprint density at radius 3 is 2.50 bits per heavy atom. The van der Waals surface area contributed by atoms with E-state index >= 15 is 0 Å². The summed E-state index contributed by atoms with van der Waals surface area (Å²) in [7, 11) is -3.75.